The number of aryl methyl sites for hydroxylation is 1. The minimum atomic E-state index is -0.0667. The molecule has 1 fully saturated rings. The number of aliphatic hydroxyl groups is 1. The molecule has 1 aliphatic rings. The van der Waals surface area contributed by atoms with Crippen LogP contribution >= 0.6 is 0 Å². The Morgan fingerprint density at radius 3 is 2.95 bits per heavy atom. The van der Waals surface area contributed by atoms with Crippen molar-refractivity contribution in [1.82, 2.24) is 15.2 Å². The van der Waals surface area contributed by atoms with E-state index in [1.54, 1.807) is 0 Å². The summed E-state index contributed by atoms with van der Waals surface area (Å²) in [6.45, 7) is 7.21. The molecule has 2 heterocycles. The number of rotatable bonds is 6. The number of piperidine rings is 1. The molecule has 1 aromatic rings. The van der Waals surface area contributed by atoms with Crippen LogP contribution in [0.15, 0.2) is 18.3 Å². The summed E-state index contributed by atoms with van der Waals surface area (Å²) >= 11 is 0. The molecule has 0 amide bonds. The standard InChI is InChI=1S/C15H25N3O/c1-13-14(4-2-8-17-13)12-16-7-3-9-18-10-5-15(19)6-11-18/h2,4,8,15-16,19H,3,5-7,9-12H2,1H3. The van der Waals surface area contributed by atoms with E-state index in [-0.39, 0.29) is 6.10 Å². The molecule has 0 unspecified atom stereocenters. The second-order valence-electron chi connectivity index (χ2n) is 5.35. The van der Waals surface area contributed by atoms with Gasteiger partial charge in [0, 0.05) is 31.5 Å². The molecule has 2 N–H and O–H groups in total. The van der Waals surface area contributed by atoms with Crippen molar-refractivity contribution in [3.05, 3.63) is 29.6 Å². The predicted octanol–water partition coefficient (Wildman–Crippen LogP) is 1.33. The van der Waals surface area contributed by atoms with Crippen LogP contribution in [0.25, 0.3) is 0 Å². The van der Waals surface area contributed by atoms with Crippen LogP contribution in [0, 0.1) is 6.92 Å². The van der Waals surface area contributed by atoms with Gasteiger partial charge in [-0.1, -0.05) is 6.07 Å². The molecule has 1 saturated heterocycles. The molecule has 1 aromatic heterocycles. The van der Waals surface area contributed by atoms with Gasteiger partial charge in [-0.2, -0.15) is 0 Å². The summed E-state index contributed by atoms with van der Waals surface area (Å²) in [6, 6.07) is 4.12. The minimum Gasteiger partial charge on any atom is -0.393 e. The van der Waals surface area contributed by atoms with E-state index in [9.17, 15) is 5.11 Å². The highest BCUT2D eigenvalue weighted by Crippen LogP contribution is 2.09. The number of nitrogens with one attached hydrogen (secondary N) is 1. The van der Waals surface area contributed by atoms with Gasteiger partial charge in [0.05, 0.1) is 6.10 Å². The van der Waals surface area contributed by atoms with E-state index in [1.165, 1.54) is 5.56 Å². The lowest BCUT2D eigenvalue weighted by atomic mass is 10.1. The fraction of sp³-hybridized carbons (Fsp3) is 0.667. The predicted molar refractivity (Wildman–Crippen MR) is 77.0 cm³/mol. The van der Waals surface area contributed by atoms with Crippen molar-refractivity contribution in [2.24, 2.45) is 0 Å². The van der Waals surface area contributed by atoms with Gasteiger partial charge in [0.2, 0.25) is 0 Å². The fourth-order valence-corrected chi connectivity index (χ4v) is 2.50. The zero-order chi connectivity index (χ0) is 13.5. The van der Waals surface area contributed by atoms with Gasteiger partial charge in [-0.15, -0.1) is 0 Å². The third-order valence-electron chi connectivity index (χ3n) is 3.82. The van der Waals surface area contributed by atoms with Crippen molar-refractivity contribution in [2.75, 3.05) is 26.2 Å². The van der Waals surface area contributed by atoms with Crippen molar-refractivity contribution in [3.63, 3.8) is 0 Å². The summed E-state index contributed by atoms with van der Waals surface area (Å²) in [7, 11) is 0. The number of hydrogen-bond donors (Lipinski definition) is 2. The molecule has 0 bridgehead atoms. The molecule has 4 heteroatoms. The highest BCUT2D eigenvalue weighted by Gasteiger charge is 2.15. The maximum atomic E-state index is 9.44. The molecule has 4 nitrogen and oxygen atoms in total. The largest absolute Gasteiger partial charge is 0.393 e. The molecule has 0 aromatic carbocycles. The first-order valence-corrected chi connectivity index (χ1v) is 7.27. The van der Waals surface area contributed by atoms with Gasteiger partial charge in [0.15, 0.2) is 0 Å². The third-order valence-corrected chi connectivity index (χ3v) is 3.82. The number of pyridine rings is 1. The van der Waals surface area contributed by atoms with Gasteiger partial charge in [-0.05, 0) is 50.9 Å². The summed E-state index contributed by atoms with van der Waals surface area (Å²) in [5.74, 6) is 0. The minimum absolute atomic E-state index is 0.0667. The first kappa shape index (κ1) is 14.4. The number of aliphatic hydroxyl groups excluding tert-OH is 1. The summed E-state index contributed by atoms with van der Waals surface area (Å²) in [6.07, 6.45) is 4.80. The lowest BCUT2D eigenvalue weighted by Crippen LogP contribution is -2.37. The highest BCUT2D eigenvalue weighted by molar-refractivity contribution is 5.17. The molecule has 0 aliphatic carbocycles. The van der Waals surface area contributed by atoms with Crippen LogP contribution in [0.2, 0.25) is 0 Å². The molecular weight excluding hydrogens is 238 g/mol. The Labute approximate surface area is 115 Å². The van der Waals surface area contributed by atoms with Crippen molar-refractivity contribution in [2.45, 2.75) is 38.8 Å². The van der Waals surface area contributed by atoms with E-state index in [2.05, 4.69) is 28.2 Å². The van der Waals surface area contributed by atoms with Gasteiger partial charge in [-0.25, -0.2) is 0 Å². The molecule has 106 valence electrons. The molecule has 2 rings (SSSR count). The van der Waals surface area contributed by atoms with Gasteiger partial charge in [0.1, 0.15) is 0 Å². The Morgan fingerprint density at radius 1 is 1.42 bits per heavy atom. The smallest absolute Gasteiger partial charge is 0.0564 e. The number of likely N-dealkylation sites (tertiary alicyclic amines) is 1. The Kier molecular flexibility index (Phi) is 5.76. The van der Waals surface area contributed by atoms with Crippen LogP contribution < -0.4 is 5.32 Å². The molecule has 0 spiro atoms. The average Bonchev–Trinajstić information content (AvgIpc) is 2.42. The Morgan fingerprint density at radius 2 is 2.21 bits per heavy atom. The zero-order valence-corrected chi connectivity index (χ0v) is 11.8. The Bertz CT molecular complexity index is 375. The van der Waals surface area contributed by atoms with E-state index < -0.39 is 0 Å². The zero-order valence-electron chi connectivity index (χ0n) is 11.8. The lowest BCUT2D eigenvalue weighted by molar-refractivity contribution is 0.0821. The molecule has 0 saturated carbocycles. The van der Waals surface area contributed by atoms with Crippen LogP contribution in [0.4, 0.5) is 0 Å². The van der Waals surface area contributed by atoms with E-state index in [0.29, 0.717) is 0 Å². The maximum absolute atomic E-state index is 9.44. The second kappa shape index (κ2) is 7.58. The molecule has 1 aliphatic heterocycles. The highest BCUT2D eigenvalue weighted by atomic mass is 16.3. The monoisotopic (exact) mass is 263 g/mol. The third kappa shape index (κ3) is 4.90. The van der Waals surface area contributed by atoms with E-state index in [4.69, 9.17) is 0 Å². The maximum Gasteiger partial charge on any atom is 0.0564 e. The van der Waals surface area contributed by atoms with Crippen molar-refractivity contribution < 1.29 is 5.11 Å². The molecule has 0 atom stereocenters. The quantitative estimate of drug-likeness (QED) is 0.760. The molecule has 0 radical (unpaired) electrons. The normalized spacial score (nSPS) is 17.8. The van der Waals surface area contributed by atoms with Crippen LogP contribution in [0.3, 0.4) is 0 Å². The Balaban J connectivity index is 1.56. The second-order valence-corrected chi connectivity index (χ2v) is 5.35. The average molecular weight is 263 g/mol. The first-order valence-electron chi connectivity index (χ1n) is 7.27. The summed E-state index contributed by atoms with van der Waals surface area (Å²) in [5.41, 5.74) is 2.39. The van der Waals surface area contributed by atoms with Gasteiger partial charge in [0.25, 0.3) is 0 Å². The topological polar surface area (TPSA) is 48.4 Å². The Hall–Kier alpha value is -0.970. The summed E-state index contributed by atoms with van der Waals surface area (Å²) in [5, 5.41) is 12.9. The van der Waals surface area contributed by atoms with Gasteiger partial charge in [-0.3, -0.25) is 4.98 Å². The van der Waals surface area contributed by atoms with Crippen LogP contribution in [0.5, 0.6) is 0 Å². The molecular formula is C15H25N3O. The fourth-order valence-electron chi connectivity index (χ4n) is 2.50. The van der Waals surface area contributed by atoms with Gasteiger partial charge < -0.3 is 15.3 Å². The SMILES string of the molecule is Cc1ncccc1CNCCCN1CCC(O)CC1. The first-order chi connectivity index (χ1) is 9.25. The van der Waals surface area contributed by atoms with Crippen LogP contribution in [-0.4, -0.2) is 47.3 Å². The summed E-state index contributed by atoms with van der Waals surface area (Å²) < 4.78 is 0. The lowest BCUT2D eigenvalue weighted by Gasteiger charge is -2.29. The van der Waals surface area contributed by atoms with Crippen LogP contribution in [-0.2, 0) is 6.54 Å². The number of aromatic nitrogens is 1. The van der Waals surface area contributed by atoms with E-state index in [0.717, 1.165) is 57.7 Å². The van der Waals surface area contributed by atoms with Crippen molar-refractivity contribution in [3.8, 4) is 0 Å². The van der Waals surface area contributed by atoms with E-state index in [1.807, 2.05) is 12.3 Å². The number of nitrogens with zero attached hydrogens (tertiary/aromatic N) is 2. The van der Waals surface area contributed by atoms with Crippen molar-refractivity contribution >= 4 is 0 Å². The summed E-state index contributed by atoms with van der Waals surface area (Å²) in [4.78, 5) is 6.73. The molecule has 19 heavy (non-hydrogen) atoms. The van der Waals surface area contributed by atoms with Crippen molar-refractivity contribution in [1.29, 1.82) is 0 Å². The van der Waals surface area contributed by atoms with Gasteiger partial charge >= 0.3 is 0 Å². The number of hydrogen-bond acceptors (Lipinski definition) is 4. The van der Waals surface area contributed by atoms with E-state index >= 15 is 0 Å². The van der Waals surface area contributed by atoms with Crippen LogP contribution in [0.1, 0.15) is 30.5 Å².